The van der Waals surface area contributed by atoms with E-state index < -0.39 is 6.04 Å². The number of likely N-dealkylation sites (N-methyl/N-ethyl adjacent to an activating group) is 1. The lowest BCUT2D eigenvalue weighted by molar-refractivity contribution is -0.149. The first-order valence-electron chi connectivity index (χ1n) is 8.69. The summed E-state index contributed by atoms with van der Waals surface area (Å²) in [6, 6.07) is -0.561. The van der Waals surface area contributed by atoms with E-state index >= 15 is 0 Å². The lowest BCUT2D eigenvalue weighted by Crippen LogP contribution is -2.46. The number of hydrogen-bond donors (Lipinski definition) is 2. The zero-order valence-corrected chi connectivity index (χ0v) is 15.1. The summed E-state index contributed by atoms with van der Waals surface area (Å²) in [6.07, 6.45) is 2.15. The van der Waals surface area contributed by atoms with Crippen molar-refractivity contribution >= 4 is 17.8 Å². The number of amidine groups is 1. The van der Waals surface area contributed by atoms with E-state index in [4.69, 9.17) is 4.84 Å². The lowest BCUT2D eigenvalue weighted by atomic mass is 9.97. The quantitative estimate of drug-likeness (QED) is 0.430. The van der Waals surface area contributed by atoms with E-state index in [1.807, 2.05) is 7.05 Å². The molecule has 2 bridgehead atoms. The number of urea groups is 1. The Bertz CT molecular complexity index is 770. The van der Waals surface area contributed by atoms with E-state index in [0.29, 0.717) is 24.7 Å². The van der Waals surface area contributed by atoms with Crippen LogP contribution in [0.25, 0.3) is 0 Å². The summed E-state index contributed by atoms with van der Waals surface area (Å²) < 4.78 is 1.75. The van der Waals surface area contributed by atoms with Gasteiger partial charge in [-0.05, 0) is 19.0 Å². The van der Waals surface area contributed by atoms with Gasteiger partial charge in [0.15, 0.2) is 5.84 Å². The Morgan fingerprint density at radius 2 is 2.23 bits per heavy atom. The van der Waals surface area contributed by atoms with Crippen LogP contribution >= 0.6 is 0 Å². The third-order valence-corrected chi connectivity index (χ3v) is 5.42. The number of hydrogen-bond acceptors (Lipinski definition) is 6. The minimum atomic E-state index is -0.464. The number of carbonyl (C=O) groups excluding carboxylic acids is 2. The Morgan fingerprint density at radius 1 is 1.46 bits per heavy atom. The number of carbonyl (C=O) groups is 2. The van der Waals surface area contributed by atoms with E-state index in [0.717, 1.165) is 24.3 Å². The van der Waals surface area contributed by atoms with Gasteiger partial charge in [0, 0.05) is 33.3 Å². The third kappa shape index (κ3) is 2.52. The number of nitrogens with zero attached hydrogens (tertiary/aromatic N) is 5. The van der Waals surface area contributed by atoms with E-state index in [1.54, 1.807) is 34.8 Å². The predicted octanol–water partition coefficient (Wildman–Crippen LogP) is -0.431. The Labute approximate surface area is 151 Å². The molecular weight excluding hydrogens is 338 g/mol. The van der Waals surface area contributed by atoms with Crippen molar-refractivity contribution in [2.24, 2.45) is 18.0 Å². The summed E-state index contributed by atoms with van der Waals surface area (Å²) in [5, 5.41) is 7.48. The van der Waals surface area contributed by atoms with Gasteiger partial charge < -0.3 is 20.0 Å². The van der Waals surface area contributed by atoms with Crippen molar-refractivity contribution in [2.75, 3.05) is 33.7 Å². The van der Waals surface area contributed by atoms with Gasteiger partial charge in [-0.1, -0.05) is 0 Å². The van der Waals surface area contributed by atoms with Gasteiger partial charge in [-0.3, -0.25) is 9.67 Å². The fourth-order valence-corrected chi connectivity index (χ4v) is 3.83. The summed E-state index contributed by atoms with van der Waals surface area (Å²) in [5.74, 6) is 0.401. The van der Waals surface area contributed by atoms with Crippen LogP contribution in [0.2, 0.25) is 0 Å². The minimum absolute atomic E-state index is 0.0192. The molecule has 10 nitrogen and oxygen atoms in total. The fourth-order valence-electron chi connectivity index (χ4n) is 3.83. The molecule has 2 saturated heterocycles. The molecule has 0 aliphatic carbocycles. The van der Waals surface area contributed by atoms with Gasteiger partial charge in [0.1, 0.15) is 6.04 Å². The number of fused-ring (bicyclic) bond motifs is 4. The molecule has 2 fully saturated rings. The van der Waals surface area contributed by atoms with Crippen LogP contribution < -0.4 is 10.8 Å². The molecule has 2 atom stereocenters. The Kier molecular flexibility index (Phi) is 4.06. The standard InChI is InChI=1S/C16H23N7O3/c1-17-15(20-26-12(24)4-9-5-18-6-9)14-13-10(7-19-22(13)3)11-8-23(14)16(25)21(11)2/h7,9,11,14,18H,4-6,8H2,1-3H3,(H,17,20)/t11-,14-/m0/s1. The second-order valence-corrected chi connectivity index (χ2v) is 6.99. The average molecular weight is 361 g/mol. The Morgan fingerprint density at radius 3 is 2.88 bits per heavy atom. The van der Waals surface area contributed by atoms with Gasteiger partial charge in [0.05, 0.1) is 24.4 Å². The van der Waals surface area contributed by atoms with Gasteiger partial charge in [-0.2, -0.15) is 5.10 Å². The molecule has 4 rings (SSSR count). The van der Waals surface area contributed by atoms with E-state index in [9.17, 15) is 9.59 Å². The molecule has 3 aliphatic rings. The fraction of sp³-hybridized carbons (Fsp3) is 0.625. The molecule has 4 heterocycles. The monoisotopic (exact) mass is 361 g/mol. The zero-order chi connectivity index (χ0) is 18.4. The number of aromatic nitrogens is 2. The van der Waals surface area contributed by atoms with Gasteiger partial charge >= 0.3 is 12.0 Å². The van der Waals surface area contributed by atoms with Crippen LogP contribution in [0.3, 0.4) is 0 Å². The van der Waals surface area contributed by atoms with E-state index in [1.165, 1.54) is 0 Å². The first kappa shape index (κ1) is 16.8. The number of nitrogens with one attached hydrogen (secondary N) is 2. The number of aliphatic imine (C=N–C) groups is 1. The maximum absolute atomic E-state index is 12.7. The number of amides is 2. The molecule has 10 heteroatoms. The third-order valence-electron chi connectivity index (χ3n) is 5.42. The second-order valence-electron chi connectivity index (χ2n) is 6.99. The molecule has 2 amide bonds. The SMILES string of the molecule is CN=C(NOC(=O)CC1CNC1)[C@@H]1c2c(cnn2C)[C@@H]2CN1C(=O)N2C. The van der Waals surface area contributed by atoms with E-state index in [-0.39, 0.29) is 18.0 Å². The highest BCUT2D eigenvalue weighted by Crippen LogP contribution is 2.42. The molecule has 0 aromatic carbocycles. The summed E-state index contributed by atoms with van der Waals surface area (Å²) in [5.41, 5.74) is 4.57. The highest BCUT2D eigenvalue weighted by molar-refractivity contribution is 5.94. The Hall–Kier alpha value is -2.62. The summed E-state index contributed by atoms with van der Waals surface area (Å²) in [4.78, 5) is 37.6. The van der Waals surface area contributed by atoms with Crippen LogP contribution in [-0.4, -0.2) is 71.1 Å². The molecule has 0 spiro atoms. The molecule has 1 aromatic rings. The van der Waals surface area contributed by atoms with Crippen LogP contribution in [0, 0.1) is 5.92 Å². The zero-order valence-electron chi connectivity index (χ0n) is 15.1. The molecule has 0 saturated carbocycles. The predicted molar refractivity (Wildman–Crippen MR) is 92.1 cm³/mol. The van der Waals surface area contributed by atoms with Gasteiger partial charge in [0.25, 0.3) is 0 Å². The summed E-state index contributed by atoms with van der Waals surface area (Å²) in [7, 11) is 5.23. The van der Waals surface area contributed by atoms with Crippen molar-refractivity contribution in [1.82, 2.24) is 30.4 Å². The van der Waals surface area contributed by atoms with Crippen LogP contribution in [-0.2, 0) is 16.7 Å². The lowest BCUT2D eigenvalue weighted by Gasteiger charge is -2.32. The van der Waals surface area contributed by atoms with Gasteiger partial charge in [-0.25, -0.2) is 15.1 Å². The molecule has 26 heavy (non-hydrogen) atoms. The van der Waals surface area contributed by atoms with Crippen molar-refractivity contribution in [1.29, 1.82) is 0 Å². The maximum Gasteiger partial charge on any atom is 0.332 e. The Balaban J connectivity index is 1.55. The second kappa shape index (κ2) is 6.27. The van der Waals surface area contributed by atoms with Crippen LogP contribution in [0.4, 0.5) is 4.79 Å². The first-order chi connectivity index (χ1) is 12.5. The number of hydroxylamine groups is 1. The van der Waals surface area contributed by atoms with Crippen molar-refractivity contribution in [3.8, 4) is 0 Å². The van der Waals surface area contributed by atoms with Crippen LogP contribution in [0.1, 0.15) is 29.8 Å². The smallest absolute Gasteiger partial charge is 0.332 e. The van der Waals surface area contributed by atoms with E-state index in [2.05, 4.69) is 20.9 Å². The maximum atomic E-state index is 12.7. The van der Waals surface area contributed by atoms with Crippen molar-refractivity contribution < 1.29 is 14.4 Å². The molecule has 140 valence electrons. The average Bonchev–Trinajstić information content (AvgIpc) is 3.09. The first-order valence-corrected chi connectivity index (χ1v) is 8.69. The molecule has 2 N–H and O–H groups in total. The highest BCUT2D eigenvalue weighted by Gasteiger charge is 2.49. The molecule has 3 aliphatic heterocycles. The molecular formula is C16H23N7O3. The molecule has 1 aromatic heterocycles. The van der Waals surface area contributed by atoms with Crippen molar-refractivity contribution in [2.45, 2.75) is 18.5 Å². The van der Waals surface area contributed by atoms with Crippen molar-refractivity contribution in [3.63, 3.8) is 0 Å². The molecule has 0 unspecified atom stereocenters. The minimum Gasteiger partial charge on any atom is -0.342 e. The van der Waals surface area contributed by atoms with Gasteiger partial charge in [0.2, 0.25) is 0 Å². The summed E-state index contributed by atoms with van der Waals surface area (Å²) in [6.45, 7) is 2.22. The number of aryl methyl sites for hydroxylation is 1. The van der Waals surface area contributed by atoms with Gasteiger partial charge in [-0.15, -0.1) is 0 Å². The molecule has 0 radical (unpaired) electrons. The largest absolute Gasteiger partial charge is 0.342 e. The normalized spacial score (nSPS) is 25.2. The summed E-state index contributed by atoms with van der Waals surface area (Å²) >= 11 is 0. The topological polar surface area (TPSA) is 104 Å². The number of rotatable bonds is 3. The highest BCUT2D eigenvalue weighted by atomic mass is 16.7. The van der Waals surface area contributed by atoms with Crippen molar-refractivity contribution in [3.05, 3.63) is 17.5 Å². The van der Waals surface area contributed by atoms with Crippen LogP contribution in [0.5, 0.6) is 0 Å². The van der Waals surface area contributed by atoms with Crippen LogP contribution in [0.15, 0.2) is 11.2 Å².